The molecule has 2 aliphatic rings. The molecule has 27 heavy (non-hydrogen) atoms. The standard InChI is InChI=1S/C19H24N4O3.ClH/c1-13-21-17(26-23-13)11-25-16-7-5-15(6-8-16)22-18(24)19-9-3-2-4-14(19)10-20-12-19;/h5-8,14,20H,2-4,9-12H2,1H3,(H,22,24);1H/t14-,19+;/m0./s1. The SMILES string of the molecule is Cc1noc(COc2ccc(NC(=O)[C@@]34CCCC[C@H]3CNC4)cc2)n1.Cl. The van der Waals surface area contributed by atoms with Gasteiger partial charge in [0.2, 0.25) is 5.91 Å². The molecule has 1 saturated carbocycles. The quantitative estimate of drug-likeness (QED) is 0.812. The maximum absolute atomic E-state index is 13.0. The van der Waals surface area contributed by atoms with Gasteiger partial charge < -0.3 is 19.9 Å². The molecule has 7 nitrogen and oxygen atoms in total. The average molecular weight is 393 g/mol. The molecule has 2 N–H and O–H groups in total. The van der Waals surface area contributed by atoms with Crippen LogP contribution in [0, 0.1) is 18.3 Å². The Labute approximate surface area is 164 Å². The van der Waals surface area contributed by atoms with Gasteiger partial charge in [0.25, 0.3) is 5.89 Å². The molecule has 2 aromatic rings. The average Bonchev–Trinajstić information content (AvgIpc) is 3.28. The maximum Gasteiger partial charge on any atom is 0.264 e. The predicted molar refractivity (Wildman–Crippen MR) is 103 cm³/mol. The second kappa shape index (κ2) is 8.27. The third-order valence-electron chi connectivity index (χ3n) is 5.53. The van der Waals surface area contributed by atoms with Crippen LogP contribution in [-0.2, 0) is 11.4 Å². The molecule has 2 atom stereocenters. The van der Waals surface area contributed by atoms with Gasteiger partial charge >= 0.3 is 0 Å². The fraction of sp³-hybridized carbons (Fsp3) is 0.526. The number of rotatable bonds is 5. The van der Waals surface area contributed by atoms with E-state index in [1.807, 2.05) is 24.3 Å². The molecular formula is C19H25ClN4O3. The third kappa shape index (κ3) is 4.09. The Morgan fingerprint density at radius 3 is 2.93 bits per heavy atom. The number of fused-ring (bicyclic) bond motifs is 1. The normalized spacial score (nSPS) is 24.0. The molecule has 2 fully saturated rings. The van der Waals surface area contributed by atoms with E-state index in [1.54, 1.807) is 6.92 Å². The van der Waals surface area contributed by atoms with Crippen LogP contribution in [0.5, 0.6) is 5.75 Å². The molecule has 1 aliphatic heterocycles. The second-order valence-corrected chi connectivity index (χ2v) is 7.23. The number of aromatic nitrogens is 2. The number of hydrogen-bond donors (Lipinski definition) is 2. The number of nitrogens with one attached hydrogen (secondary N) is 2. The summed E-state index contributed by atoms with van der Waals surface area (Å²) in [5.74, 6) is 2.31. The van der Waals surface area contributed by atoms with E-state index in [1.165, 1.54) is 6.42 Å². The van der Waals surface area contributed by atoms with E-state index >= 15 is 0 Å². The lowest BCUT2D eigenvalue weighted by atomic mass is 9.67. The van der Waals surface area contributed by atoms with Gasteiger partial charge in [0, 0.05) is 12.2 Å². The van der Waals surface area contributed by atoms with Crippen molar-refractivity contribution in [3.8, 4) is 5.75 Å². The fourth-order valence-corrected chi connectivity index (χ4v) is 4.12. The molecule has 4 rings (SSSR count). The first kappa shape index (κ1) is 19.6. The van der Waals surface area contributed by atoms with Crippen LogP contribution in [-0.4, -0.2) is 29.1 Å². The Kier molecular flexibility index (Phi) is 6.01. The Hall–Kier alpha value is -2.12. The van der Waals surface area contributed by atoms with Crippen LogP contribution < -0.4 is 15.4 Å². The van der Waals surface area contributed by atoms with E-state index in [0.717, 1.165) is 38.0 Å². The van der Waals surface area contributed by atoms with Crippen LogP contribution in [0.25, 0.3) is 0 Å². The molecule has 8 heteroatoms. The first-order chi connectivity index (χ1) is 12.7. The van der Waals surface area contributed by atoms with Crippen LogP contribution in [0.1, 0.15) is 37.4 Å². The maximum atomic E-state index is 13.0. The second-order valence-electron chi connectivity index (χ2n) is 7.23. The van der Waals surface area contributed by atoms with Gasteiger partial charge in [0.1, 0.15) is 5.75 Å². The van der Waals surface area contributed by atoms with Gasteiger partial charge in [-0.1, -0.05) is 18.0 Å². The molecule has 0 radical (unpaired) electrons. The van der Waals surface area contributed by atoms with Gasteiger partial charge in [0.15, 0.2) is 12.4 Å². The fourth-order valence-electron chi connectivity index (χ4n) is 4.12. The van der Waals surface area contributed by atoms with E-state index < -0.39 is 0 Å². The molecule has 1 aromatic heterocycles. The van der Waals surface area contributed by atoms with Crippen LogP contribution in [0.15, 0.2) is 28.8 Å². The summed E-state index contributed by atoms with van der Waals surface area (Å²) in [6.45, 7) is 3.73. The molecule has 1 aliphatic carbocycles. The summed E-state index contributed by atoms with van der Waals surface area (Å²) in [4.78, 5) is 17.1. The van der Waals surface area contributed by atoms with Crippen molar-refractivity contribution >= 4 is 24.0 Å². The zero-order valence-corrected chi connectivity index (χ0v) is 16.2. The first-order valence-corrected chi connectivity index (χ1v) is 9.20. The summed E-state index contributed by atoms with van der Waals surface area (Å²) < 4.78 is 10.7. The number of carbonyl (C=O) groups excluding carboxylic acids is 1. The van der Waals surface area contributed by atoms with Gasteiger partial charge in [-0.05, 0) is 56.5 Å². The number of nitrogens with zero attached hydrogens (tertiary/aromatic N) is 2. The summed E-state index contributed by atoms with van der Waals surface area (Å²) in [6.07, 6.45) is 4.48. The summed E-state index contributed by atoms with van der Waals surface area (Å²) in [6, 6.07) is 7.40. The topological polar surface area (TPSA) is 89.3 Å². The van der Waals surface area contributed by atoms with Crippen molar-refractivity contribution in [1.29, 1.82) is 0 Å². The van der Waals surface area contributed by atoms with E-state index in [4.69, 9.17) is 9.26 Å². The van der Waals surface area contributed by atoms with Crippen LogP contribution in [0.2, 0.25) is 0 Å². The van der Waals surface area contributed by atoms with Gasteiger partial charge in [0.05, 0.1) is 5.41 Å². The molecule has 1 aromatic carbocycles. The lowest BCUT2D eigenvalue weighted by Gasteiger charge is -2.37. The minimum absolute atomic E-state index is 0. The van der Waals surface area contributed by atoms with Crippen LogP contribution >= 0.6 is 12.4 Å². The van der Waals surface area contributed by atoms with E-state index in [0.29, 0.717) is 23.4 Å². The number of carbonyl (C=O) groups is 1. The number of aryl methyl sites for hydroxylation is 1. The smallest absolute Gasteiger partial charge is 0.264 e. The van der Waals surface area contributed by atoms with Crippen LogP contribution in [0.4, 0.5) is 5.69 Å². The number of anilines is 1. The van der Waals surface area contributed by atoms with E-state index in [9.17, 15) is 4.79 Å². The third-order valence-corrected chi connectivity index (χ3v) is 5.53. The number of ether oxygens (including phenoxy) is 1. The summed E-state index contributed by atoms with van der Waals surface area (Å²) in [5, 5.41) is 10.2. The highest BCUT2D eigenvalue weighted by atomic mass is 35.5. The summed E-state index contributed by atoms with van der Waals surface area (Å²) in [7, 11) is 0. The summed E-state index contributed by atoms with van der Waals surface area (Å²) >= 11 is 0. The Balaban J connectivity index is 0.00000210. The van der Waals surface area contributed by atoms with Crippen molar-refractivity contribution in [3.63, 3.8) is 0 Å². The molecule has 0 bridgehead atoms. The van der Waals surface area contributed by atoms with Crippen molar-refractivity contribution in [1.82, 2.24) is 15.5 Å². The minimum Gasteiger partial charge on any atom is -0.484 e. The Morgan fingerprint density at radius 2 is 2.19 bits per heavy atom. The Bertz CT molecular complexity index is 780. The lowest BCUT2D eigenvalue weighted by molar-refractivity contribution is -0.128. The largest absolute Gasteiger partial charge is 0.484 e. The van der Waals surface area contributed by atoms with Crippen molar-refractivity contribution in [2.75, 3.05) is 18.4 Å². The summed E-state index contributed by atoms with van der Waals surface area (Å²) in [5.41, 5.74) is 0.546. The van der Waals surface area contributed by atoms with E-state index in [2.05, 4.69) is 20.8 Å². The van der Waals surface area contributed by atoms with Crippen molar-refractivity contribution in [2.24, 2.45) is 11.3 Å². The molecule has 0 unspecified atom stereocenters. The number of benzene rings is 1. The zero-order valence-electron chi connectivity index (χ0n) is 15.4. The van der Waals surface area contributed by atoms with Gasteiger partial charge in [-0.15, -0.1) is 12.4 Å². The highest BCUT2D eigenvalue weighted by Gasteiger charge is 2.49. The van der Waals surface area contributed by atoms with Gasteiger partial charge in [-0.3, -0.25) is 4.79 Å². The molecule has 1 amide bonds. The molecule has 146 valence electrons. The molecule has 0 spiro atoms. The monoisotopic (exact) mass is 392 g/mol. The first-order valence-electron chi connectivity index (χ1n) is 9.20. The highest BCUT2D eigenvalue weighted by Crippen LogP contribution is 2.44. The molecule has 2 heterocycles. The number of halogens is 1. The molecular weight excluding hydrogens is 368 g/mol. The lowest BCUT2D eigenvalue weighted by Crippen LogP contribution is -2.44. The van der Waals surface area contributed by atoms with E-state index in [-0.39, 0.29) is 30.3 Å². The van der Waals surface area contributed by atoms with Gasteiger partial charge in [-0.2, -0.15) is 4.98 Å². The predicted octanol–water partition coefficient (Wildman–Crippen LogP) is 3.10. The Morgan fingerprint density at radius 1 is 1.37 bits per heavy atom. The highest BCUT2D eigenvalue weighted by molar-refractivity contribution is 5.96. The minimum atomic E-state index is -0.247. The van der Waals surface area contributed by atoms with Crippen molar-refractivity contribution in [2.45, 2.75) is 39.2 Å². The zero-order chi connectivity index (χ0) is 18.0. The van der Waals surface area contributed by atoms with Crippen LogP contribution in [0.3, 0.4) is 0 Å². The van der Waals surface area contributed by atoms with Crippen molar-refractivity contribution < 1.29 is 14.1 Å². The van der Waals surface area contributed by atoms with Gasteiger partial charge in [-0.25, -0.2) is 0 Å². The van der Waals surface area contributed by atoms with Crippen molar-refractivity contribution in [3.05, 3.63) is 36.0 Å². The number of hydrogen-bond acceptors (Lipinski definition) is 6. The molecule has 1 saturated heterocycles. The number of amides is 1.